The van der Waals surface area contributed by atoms with Gasteiger partial charge in [0.15, 0.2) is 17.8 Å². The van der Waals surface area contributed by atoms with Crippen LogP contribution in [0.3, 0.4) is 0 Å². The average Bonchev–Trinajstić information content (AvgIpc) is 3.04. The highest BCUT2D eigenvalue weighted by molar-refractivity contribution is 7.57. The lowest BCUT2D eigenvalue weighted by molar-refractivity contribution is -0.138. The monoisotopic (exact) mass is 490 g/mol. The normalized spacial score (nSPS) is 18.8. The van der Waals surface area contributed by atoms with Crippen LogP contribution < -0.4 is 15.3 Å². The second-order valence-electron chi connectivity index (χ2n) is 8.25. The van der Waals surface area contributed by atoms with Gasteiger partial charge in [0.1, 0.15) is 23.9 Å². The first kappa shape index (κ1) is 24.6. The number of imidazole rings is 1. The number of nitrogens with one attached hydrogen (secondary N) is 1. The number of para-hydroxylation sites is 1. The molecule has 1 fully saturated rings. The summed E-state index contributed by atoms with van der Waals surface area (Å²) in [6.45, 7) is 5.37. The lowest BCUT2D eigenvalue weighted by atomic mass is 10.3. The number of hydrogen-bond acceptors (Lipinski definition) is 9. The van der Waals surface area contributed by atoms with Crippen LogP contribution in [-0.2, 0) is 25.3 Å². The van der Waals surface area contributed by atoms with Crippen LogP contribution in [0.4, 0.5) is 5.82 Å². The zero-order valence-electron chi connectivity index (χ0n) is 19.4. The molecule has 0 radical (unpaired) electrons. The standard InChI is InChI=1S/C22H31N6O5P/c1-16(12-28-14-26-19-20(23)24-13-25-21(19)28)32-15-34(29,33-18-8-4-3-5-9-18)27-17(2)22-30-10-6-7-11-31-22/h3-5,8-9,13-14,16-17,22H,6-7,10-12,15H2,1-2H3,(H,27,29)(H2,23,24,25)/t16-,17+,34-/m0/s1. The van der Waals surface area contributed by atoms with Gasteiger partial charge in [0, 0.05) is 13.2 Å². The van der Waals surface area contributed by atoms with Crippen molar-refractivity contribution in [3.8, 4) is 5.75 Å². The second kappa shape index (κ2) is 11.2. The Kier molecular flexibility index (Phi) is 8.12. The van der Waals surface area contributed by atoms with Crippen molar-refractivity contribution in [1.29, 1.82) is 0 Å². The number of nitrogens with zero attached hydrogens (tertiary/aromatic N) is 4. The van der Waals surface area contributed by atoms with Gasteiger partial charge in [-0.15, -0.1) is 0 Å². The zero-order chi connectivity index (χ0) is 24.0. The van der Waals surface area contributed by atoms with E-state index in [-0.39, 0.29) is 18.5 Å². The number of aromatic nitrogens is 4. The molecule has 0 spiro atoms. The molecule has 0 aliphatic carbocycles. The van der Waals surface area contributed by atoms with Crippen LogP contribution in [0.15, 0.2) is 43.0 Å². The molecule has 11 nitrogen and oxygen atoms in total. The highest BCUT2D eigenvalue weighted by Crippen LogP contribution is 2.44. The SMILES string of the molecule is C[C@@H](Cn1cnc2c(N)ncnc21)OC[P@@](=O)(N[C@H](C)C1OCCCCO1)Oc1ccccc1. The second-order valence-corrected chi connectivity index (χ2v) is 10.3. The molecule has 0 amide bonds. The van der Waals surface area contributed by atoms with Crippen molar-refractivity contribution >= 4 is 24.5 Å². The first-order chi connectivity index (χ1) is 16.4. The van der Waals surface area contributed by atoms with Gasteiger partial charge in [-0.3, -0.25) is 4.57 Å². The largest absolute Gasteiger partial charge is 0.431 e. The van der Waals surface area contributed by atoms with Crippen molar-refractivity contribution in [3.05, 3.63) is 43.0 Å². The molecule has 3 aromatic rings. The van der Waals surface area contributed by atoms with Crippen molar-refractivity contribution in [2.45, 2.75) is 51.7 Å². The van der Waals surface area contributed by atoms with Crippen LogP contribution in [0.25, 0.3) is 11.2 Å². The van der Waals surface area contributed by atoms with Gasteiger partial charge < -0.3 is 29.0 Å². The average molecular weight is 491 g/mol. The summed E-state index contributed by atoms with van der Waals surface area (Å²) in [4.78, 5) is 12.5. The van der Waals surface area contributed by atoms with Crippen LogP contribution in [0.5, 0.6) is 5.75 Å². The van der Waals surface area contributed by atoms with Crippen molar-refractivity contribution in [1.82, 2.24) is 24.6 Å². The third-order valence-corrected chi connectivity index (χ3v) is 7.12. The number of ether oxygens (including phenoxy) is 3. The van der Waals surface area contributed by atoms with E-state index in [1.165, 1.54) is 6.33 Å². The molecule has 1 aromatic carbocycles. The van der Waals surface area contributed by atoms with E-state index in [4.69, 9.17) is 24.5 Å². The molecule has 1 aliphatic rings. The smallest absolute Gasteiger partial charge is 0.342 e. The summed E-state index contributed by atoms with van der Waals surface area (Å²) >= 11 is 0. The molecule has 2 aromatic heterocycles. The molecule has 0 saturated carbocycles. The molecule has 1 aliphatic heterocycles. The Morgan fingerprint density at radius 2 is 1.91 bits per heavy atom. The van der Waals surface area contributed by atoms with Gasteiger partial charge in [-0.2, -0.15) is 0 Å². The zero-order valence-corrected chi connectivity index (χ0v) is 20.3. The lowest BCUT2D eigenvalue weighted by Crippen LogP contribution is -2.40. The summed E-state index contributed by atoms with van der Waals surface area (Å²) < 4.78 is 39.1. The summed E-state index contributed by atoms with van der Waals surface area (Å²) in [5.41, 5.74) is 7.01. The fraction of sp³-hybridized carbons (Fsp3) is 0.500. The van der Waals surface area contributed by atoms with Gasteiger partial charge in [-0.25, -0.2) is 20.0 Å². The summed E-state index contributed by atoms with van der Waals surface area (Å²) in [6, 6.07) is 8.64. The van der Waals surface area contributed by atoms with Crippen molar-refractivity contribution in [2.75, 3.05) is 25.3 Å². The highest BCUT2D eigenvalue weighted by atomic mass is 31.2. The number of anilines is 1. The van der Waals surface area contributed by atoms with Crippen LogP contribution in [0.2, 0.25) is 0 Å². The summed E-state index contributed by atoms with van der Waals surface area (Å²) in [6.07, 6.45) is 3.91. The Hall–Kier alpha value is -2.56. The molecule has 184 valence electrons. The predicted molar refractivity (Wildman–Crippen MR) is 127 cm³/mol. The minimum Gasteiger partial charge on any atom is -0.431 e. The molecule has 3 N–H and O–H groups in total. The van der Waals surface area contributed by atoms with Gasteiger partial charge in [-0.05, 0) is 38.8 Å². The number of nitrogens with two attached hydrogens (primary N) is 1. The maximum Gasteiger partial charge on any atom is 0.342 e. The first-order valence-electron chi connectivity index (χ1n) is 11.3. The van der Waals surface area contributed by atoms with Gasteiger partial charge in [-0.1, -0.05) is 18.2 Å². The minimum atomic E-state index is -3.48. The molecule has 0 unspecified atom stereocenters. The Bertz CT molecular complexity index is 1110. The number of hydrogen-bond donors (Lipinski definition) is 2. The summed E-state index contributed by atoms with van der Waals surface area (Å²) in [7, 11) is -3.48. The van der Waals surface area contributed by atoms with Crippen molar-refractivity contribution in [3.63, 3.8) is 0 Å². The van der Waals surface area contributed by atoms with Crippen molar-refractivity contribution < 1.29 is 23.3 Å². The first-order valence-corrected chi connectivity index (χ1v) is 13.1. The molecule has 0 bridgehead atoms. The van der Waals surface area contributed by atoms with E-state index < -0.39 is 13.8 Å². The third kappa shape index (κ3) is 6.31. The molecule has 3 heterocycles. The van der Waals surface area contributed by atoms with E-state index >= 15 is 0 Å². The fourth-order valence-electron chi connectivity index (χ4n) is 3.64. The van der Waals surface area contributed by atoms with E-state index in [9.17, 15) is 4.57 Å². The topological polar surface area (TPSA) is 136 Å². The highest BCUT2D eigenvalue weighted by Gasteiger charge is 2.33. The van der Waals surface area contributed by atoms with Crippen LogP contribution in [0, 0.1) is 0 Å². The number of rotatable bonds is 10. The van der Waals surface area contributed by atoms with E-state index in [2.05, 4.69) is 20.0 Å². The van der Waals surface area contributed by atoms with Gasteiger partial charge in [0.25, 0.3) is 0 Å². The van der Waals surface area contributed by atoms with E-state index in [1.54, 1.807) is 18.5 Å². The third-order valence-electron chi connectivity index (χ3n) is 5.32. The van der Waals surface area contributed by atoms with Gasteiger partial charge >= 0.3 is 7.52 Å². The maximum absolute atomic E-state index is 13.9. The number of fused-ring (bicyclic) bond motifs is 1. The Labute approximate surface area is 198 Å². The molecule has 4 rings (SSSR count). The van der Waals surface area contributed by atoms with Crippen molar-refractivity contribution in [2.24, 2.45) is 0 Å². The van der Waals surface area contributed by atoms with Gasteiger partial charge in [0.2, 0.25) is 0 Å². The molecule has 34 heavy (non-hydrogen) atoms. The molecular formula is C22H31N6O5P. The lowest BCUT2D eigenvalue weighted by Gasteiger charge is -2.29. The van der Waals surface area contributed by atoms with E-state index in [1.807, 2.05) is 36.6 Å². The molecule has 12 heteroatoms. The predicted octanol–water partition coefficient (Wildman–Crippen LogP) is 3.17. The quantitative estimate of drug-likeness (QED) is 0.408. The van der Waals surface area contributed by atoms with Crippen LogP contribution in [-0.4, -0.2) is 57.5 Å². The Balaban J connectivity index is 1.43. The molecule has 3 atom stereocenters. The Morgan fingerprint density at radius 3 is 2.65 bits per heavy atom. The number of benzene rings is 1. The Morgan fingerprint density at radius 1 is 1.18 bits per heavy atom. The van der Waals surface area contributed by atoms with Crippen LogP contribution >= 0.6 is 7.52 Å². The van der Waals surface area contributed by atoms with E-state index in [0.717, 1.165) is 12.8 Å². The van der Waals surface area contributed by atoms with Crippen LogP contribution in [0.1, 0.15) is 26.7 Å². The maximum atomic E-state index is 13.9. The molecule has 1 saturated heterocycles. The number of nitrogen functional groups attached to an aromatic ring is 1. The summed E-state index contributed by atoms with van der Waals surface area (Å²) in [5, 5.41) is 3.09. The fourth-order valence-corrected chi connectivity index (χ4v) is 5.48. The van der Waals surface area contributed by atoms with Gasteiger partial charge in [0.05, 0.1) is 25.0 Å². The molecular weight excluding hydrogens is 459 g/mol. The van der Waals surface area contributed by atoms with E-state index in [0.29, 0.717) is 42.5 Å². The summed E-state index contributed by atoms with van der Waals surface area (Å²) in [5.74, 6) is 0.802. The minimum absolute atomic E-state index is 0.149.